The fourth-order valence-corrected chi connectivity index (χ4v) is 2.41. The number of anilines is 1. The Morgan fingerprint density at radius 1 is 1.12 bits per heavy atom. The molecule has 0 fully saturated rings. The molecule has 0 aliphatic rings. The fourth-order valence-electron chi connectivity index (χ4n) is 2.23. The first kappa shape index (κ1) is 18.1. The molecule has 0 saturated heterocycles. The van der Waals surface area contributed by atoms with Crippen LogP contribution in [0.5, 0.6) is 5.75 Å². The molecule has 0 radical (unpaired) electrons. The molecule has 0 atom stereocenters. The number of benzene rings is 2. The Morgan fingerprint density at radius 2 is 1.88 bits per heavy atom. The van der Waals surface area contributed by atoms with Gasteiger partial charge in [0.15, 0.2) is 0 Å². The van der Waals surface area contributed by atoms with Crippen molar-refractivity contribution in [2.24, 2.45) is 0 Å². The van der Waals surface area contributed by atoms with Crippen LogP contribution in [0.25, 0.3) is 0 Å². The number of nitrogens with one attached hydrogen (secondary N) is 2. The molecule has 0 spiro atoms. The minimum atomic E-state index is -0.134. The van der Waals surface area contributed by atoms with Gasteiger partial charge in [-0.1, -0.05) is 30.7 Å². The quantitative estimate of drug-likeness (QED) is 0.740. The Kier molecular flexibility index (Phi) is 6.94. The maximum Gasteiger partial charge on any atom is 0.253 e. The van der Waals surface area contributed by atoms with Crippen LogP contribution < -0.4 is 15.4 Å². The van der Waals surface area contributed by atoms with E-state index in [2.05, 4.69) is 17.6 Å². The first-order valence-electron chi connectivity index (χ1n) is 8.17. The third-order valence-electron chi connectivity index (χ3n) is 3.44. The van der Waals surface area contributed by atoms with Crippen molar-refractivity contribution in [1.29, 1.82) is 0 Å². The maximum absolute atomic E-state index is 12.1. The molecule has 1 amide bonds. The monoisotopic (exact) mass is 346 g/mol. The second-order valence-corrected chi connectivity index (χ2v) is 5.83. The lowest BCUT2D eigenvalue weighted by Crippen LogP contribution is -2.23. The zero-order valence-corrected chi connectivity index (χ0v) is 14.8. The van der Waals surface area contributed by atoms with Crippen LogP contribution in [0.2, 0.25) is 5.02 Å². The van der Waals surface area contributed by atoms with Crippen LogP contribution in [0.1, 0.15) is 36.2 Å². The highest BCUT2D eigenvalue weighted by Crippen LogP contribution is 2.22. The van der Waals surface area contributed by atoms with E-state index in [0.29, 0.717) is 23.7 Å². The van der Waals surface area contributed by atoms with Gasteiger partial charge >= 0.3 is 0 Å². The minimum Gasteiger partial charge on any atom is -0.494 e. The highest BCUT2D eigenvalue weighted by atomic mass is 35.5. The molecule has 2 N–H and O–H groups in total. The molecular formula is C19H23ClN2O2. The third kappa shape index (κ3) is 5.17. The number of hydrogen-bond donors (Lipinski definition) is 2. The van der Waals surface area contributed by atoms with Gasteiger partial charge in [0.25, 0.3) is 5.91 Å². The molecule has 4 nitrogen and oxygen atoms in total. The van der Waals surface area contributed by atoms with Crippen LogP contribution in [0, 0.1) is 0 Å². The second-order valence-electron chi connectivity index (χ2n) is 5.40. The highest BCUT2D eigenvalue weighted by molar-refractivity contribution is 6.31. The molecule has 0 aromatic heterocycles. The molecular weight excluding hydrogens is 324 g/mol. The standard InChI is InChI=1S/C19H23ClN2O2/c1-3-11-24-16-8-5-14(6-9-16)13-22-18-10-7-15(20)12-17(18)19(23)21-4-2/h5-10,12,22H,3-4,11,13H2,1-2H3,(H,21,23). The molecule has 0 unspecified atom stereocenters. The predicted octanol–water partition coefficient (Wildman–Crippen LogP) is 4.49. The molecule has 5 heteroatoms. The van der Waals surface area contributed by atoms with E-state index >= 15 is 0 Å². The number of amides is 1. The predicted molar refractivity (Wildman–Crippen MR) is 99.0 cm³/mol. The summed E-state index contributed by atoms with van der Waals surface area (Å²) < 4.78 is 5.58. The lowest BCUT2D eigenvalue weighted by Gasteiger charge is -2.13. The average molecular weight is 347 g/mol. The largest absolute Gasteiger partial charge is 0.494 e. The van der Waals surface area contributed by atoms with Gasteiger partial charge in [0.1, 0.15) is 5.75 Å². The smallest absolute Gasteiger partial charge is 0.253 e. The normalized spacial score (nSPS) is 10.3. The van der Waals surface area contributed by atoms with E-state index in [-0.39, 0.29) is 5.91 Å². The van der Waals surface area contributed by atoms with Gasteiger partial charge < -0.3 is 15.4 Å². The van der Waals surface area contributed by atoms with E-state index in [0.717, 1.165) is 30.0 Å². The van der Waals surface area contributed by atoms with E-state index in [1.165, 1.54) is 0 Å². The summed E-state index contributed by atoms with van der Waals surface area (Å²) in [5.74, 6) is 0.737. The van der Waals surface area contributed by atoms with Gasteiger partial charge in [0.05, 0.1) is 12.2 Å². The molecule has 0 aliphatic heterocycles. The molecule has 128 valence electrons. The molecule has 0 saturated carbocycles. The van der Waals surface area contributed by atoms with Gasteiger partial charge in [0, 0.05) is 23.8 Å². The van der Waals surface area contributed by atoms with Crippen molar-refractivity contribution in [2.75, 3.05) is 18.5 Å². The lowest BCUT2D eigenvalue weighted by molar-refractivity contribution is 0.0956. The number of carbonyl (C=O) groups is 1. The van der Waals surface area contributed by atoms with Crippen molar-refractivity contribution in [2.45, 2.75) is 26.8 Å². The van der Waals surface area contributed by atoms with Crippen LogP contribution >= 0.6 is 11.6 Å². The van der Waals surface area contributed by atoms with Crippen molar-refractivity contribution >= 4 is 23.2 Å². The molecule has 24 heavy (non-hydrogen) atoms. The number of hydrogen-bond acceptors (Lipinski definition) is 3. The molecule has 0 aliphatic carbocycles. The Hall–Kier alpha value is -2.20. The lowest BCUT2D eigenvalue weighted by atomic mass is 10.1. The summed E-state index contributed by atoms with van der Waals surface area (Å²) in [7, 11) is 0. The van der Waals surface area contributed by atoms with Gasteiger partial charge in [-0.3, -0.25) is 4.79 Å². The molecule has 2 rings (SSSR count). The number of carbonyl (C=O) groups excluding carboxylic acids is 1. The van der Waals surface area contributed by atoms with E-state index in [1.54, 1.807) is 12.1 Å². The van der Waals surface area contributed by atoms with Crippen molar-refractivity contribution in [3.8, 4) is 5.75 Å². The van der Waals surface area contributed by atoms with Crippen molar-refractivity contribution in [3.63, 3.8) is 0 Å². The van der Waals surface area contributed by atoms with E-state index in [4.69, 9.17) is 16.3 Å². The third-order valence-corrected chi connectivity index (χ3v) is 3.68. The first-order chi connectivity index (χ1) is 11.6. The van der Waals surface area contributed by atoms with Gasteiger partial charge in [-0.05, 0) is 49.2 Å². The summed E-state index contributed by atoms with van der Waals surface area (Å²) in [6, 6.07) is 13.2. The number of ether oxygens (including phenoxy) is 1. The van der Waals surface area contributed by atoms with Gasteiger partial charge in [-0.15, -0.1) is 0 Å². The summed E-state index contributed by atoms with van der Waals surface area (Å²) >= 11 is 6.02. The SMILES string of the molecule is CCCOc1ccc(CNc2ccc(Cl)cc2C(=O)NCC)cc1. The summed E-state index contributed by atoms with van der Waals surface area (Å²) in [5.41, 5.74) is 2.42. The molecule has 0 bridgehead atoms. The van der Waals surface area contributed by atoms with Crippen molar-refractivity contribution in [3.05, 3.63) is 58.6 Å². The topological polar surface area (TPSA) is 50.4 Å². The highest BCUT2D eigenvalue weighted by Gasteiger charge is 2.11. The zero-order chi connectivity index (χ0) is 17.4. The van der Waals surface area contributed by atoms with E-state index in [9.17, 15) is 4.79 Å². The van der Waals surface area contributed by atoms with Crippen LogP contribution in [0.15, 0.2) is 42.5 Å². The van der Waals surface area contributed by atoms with Crippen molar-refractivity contribution in [1.82, 2.24) is 5.32 Å². The minimum absolute atomic E-state index is 0.134. The molecule has 0 heterocycles. The van der Waals surface area contributed by atoms with Crippen LogP contribution in [-0.4, -0.2) is 19.1 Å². The number of halogens is 1. The molecule has 2 aromatic rings. The van der Waals surface area contributed by atoms with Crippen LogP contribution in [-0.2, 0) is 6.54 Å². The summed E-state index contributed by atoms with van der Waals surface area (Å²) in [4.78, 5) is 12.1. The van der Waals surface area contributed by atoms with E-state index < -0.39 is 0 Å². The summed E-state index contributed by atoms with van der Waals surface area (Å²) in [6.45, 7) is 5.87. The summed E-state index contributed by atoms with van der Waals surface area (Å²) in [5, 5.41) is 6.64. The van der Waals surface area contributed by atoms with Gasteiger partial charge in [-0.25, -0.2) is 0 Å². The van der Waals surface area contributed by atoms with Gasteiger partial charge in [0.2, 0.25) is 0 Å². The van der Waals surface area contributed by atoms with Gasteiger partial charge in [-0.2, -0.15) is 0 Å². The molecule has 2 aromatic carbocycles. The fraction of sp³-hybridized carbons (Fsp3) is 0.316. The van der Waals surface area contributed by atoms with Crippen molar-refractivity contribution < 1.29 is 9.53 Å². The van der Waals surface area contributed by atoms with E-state index in [1.807, 2.05) is 37.3 Å². The Labute approximate surface area is 148 Å². The van der Waals surface area contributed by atoms with Crippen LogP contribution in [0.3, 0.4) is 0 Å². The van der Waals surface area contributed by atoms with Crippen LogP contribution in [0.4, 0.5) is 5.69 Å². The Morgan fingerprint density at radius 3 is 2.54 bits per heavy atom. The average Bonchev–Trinajstić information content (AvgIpc) is 2.60. The summed E-state index contributed by atoms with van der Waals surface area (Å²) in [6.07, 6.45) is 0.989. The maximum atomic E-state index is 12.1. The Balaban J connectivity index is 2.04. The second kappa shape index (κ2) is 9.18. The zero-order valence-electron chi connectivity index (χ0n) is 14.1. The first-order valence-corrected chi connectivity index (χ1v) is 8.55. The Bertz CT molecular complexity index is 672. The number of rotatable bonds is 8.